The topological polar surface area (TPSA) is 45.5 Å². The summed E-state index contributed by atoms with van der Waals surface area (Å²) in [5.74, 6) is 0.482. The van der Waals surface area contributed by atoms with Crippen molar-refractivity contribution in [1.82, 2.24) is 10.2 Å². The highest BCUT2D eigenvalue weighted by atomic mass is 35.5. The number of hydrogen-bond acceptors (Lipinski definition) is 3. The first kappa shape index (κ1) is 22.1. The van der Waals surface area contributed by atoms with Crippen LogP contribution < -0.4 is 5.32 Å². The van der Waals surface area contributed by atoms with Crippen LogP contribution in [0.25, 0.3) is 0 Å². The molecule has 0 aliphatic carbocycles. The van der Waals surface area contributed by atoms with Crippen molar-refractivity contribution < 1.29 is 13.6 Å². The number of benzene rings is 2. The Kier molecular flexibility index (Phi) is 8.05. The molecule has 4 nitrogen and oxygen atoms in total. The summed E-state index contributed by atoms with van der Waals surface area (Å²) in [4.78, 5) is 14.3. The monoisotopic (exact) mass is 428 g/mol. The normalized spacial score (nSPS) is 11.1. The minimum absolute atomic E-state index is 0.211. The lowest BCUT2D eigenvalue weighted by molar-refractivity contribution is 0.0921. The van der Waals surface area contributed by atoms with Gasteiger partial charge in [-0.25, -0.2) is 4.39 Å². The Balaban J connectivity index is 1.73. The van der Waals surface area contributed by atoms with E-state index >= 15 is 0 Å². The molecule has 0 unspecified atom stereocenters. The van der Waals surface area contributed by atoms with Gasteiger partial charge >= 0.3 is 0 Å². The number of carbonyl (C=O) groups is 1. The van der Waals surface area contributed by atoms with Gasteiger partial charge in [0, 0.05) is 24.7 Å². The van der Waals surface area contributed by atoms with Crippen molar-refractivity contribution in [2.45, 2.75) is 39.4 Å². The van der Waals surface area contributed by atoms with E-state index in [0.29, 0.717) is 42.7 Å². The van der Waals surface area contributed by atoms with Crippen molar-refractivity contribution in [2.75, 3.05) is 6.54 Å². The van der Waals surface area contributed by atoms with Crippen LogP contribution in [0.2, 0.25) is 5.02 Å². The molecule has 6 heteroatoms. The van der Waals surface area contributed by atoms with E-state index in [-0.39, 0.29) is 11.7 Å². The maximum absolute atomic E-state index is 13.7. The molecule has 0 fully saturated rings. The predicted molar refractivity (Wildman–Crippen MR) is 117 cm³/mol. The van der Waals surface area contributed by atoms with Crippen molar-refractivity contribution in [3.05, 3.63) is 94.2 Å². The van der Waals surface area contributed by atoms with Gasteiger partial charge in [0.1, 0.15) is 11.6 Å². The number of halogens is 2. The molecule has 2 aromatic carbocycles. The van der Waals surface area contributed by atoms with Crippen LogP contribution in [0.5, 0.6) is 0 Å². The molecule has 0 saturated heterocycles. The summed E-state index contributed by atoms with van der Waals surface area (Å²) in [6.07, 6.45) is 1.94. The highest BCUT2D eigenvalue weighted by molar-refractivity contribution is 6.31. The highest BCUT2D eigenvalue weighted by Crippen LogP contribution is 2.21. The number of amides is 1. The van der Waals surface area contributed by atoms with Gasteiger partial charge in [-0.05, 0) is 47.9 Å². The summed E-state index contributed by atoms with van der Waals surface area (Å²) in [7, 11) is 0. The summed E-state index contributed by atoms with van der Waals surface area (Å²) in [6.45, 7) is 4.24. The number of unbranched alkanes of at least 4 members (excludes halogenated alkanes) is 1. The Bertz CT molecular complexity index is 973. The largest absolute Gasteiger partial charge is 0.455 e. The lowest BCUT2D eigenvalue weighted by atomic mass is 10.1. The molecule has 158 valence electrons. The third kappa shape index (κ3) is 6.44. The van der Waals surface area contributed by atoms with Gasteiger partial charge in [0.05, 0.1) is 6.54 Å². The molecule has 3 aromatic rings. The minimum atomic E-state index is -0.269. The van der Waals surface area contributed by atoms with Gasteiger partial charge in [-0.1, -0.05) is 55.3 Å². The third-order valence-corrected chi connectivity index (χ3v) is 5.10. The quantitative estimate of drug-likeness (QED) is 0.415. The average Bonchev–Trinajstić information content (AvgIpc) is 3.18. The molecule has 1 aromatic heterocycles. The number of rotatable bonds is 10. The molecule has 0 atom stereocenters. The summed E-state index contributed by atoms with van der Waals surface area (Å²) < 4.78 is 19.4. The smallest absolute Gasteiger partial charge is 0.286 e. The zero-order valence-corrected chi connectivity index (χ0v) is 17.8. The third-order valence-electron chi connectivity index (χ3n) is 4.73. The van der Waals surface area contributed by atoms with Crippen molar-refractivity contribution in [2.24, 2.45) is 0 Å². The van der Waals surface area contributed by atoms with E-state index in [1.54, 1.807) is 18.2 Å². The second-order valence-electron chi connectivity index (χ2n) is 7.24. The van der Waals surface area contributed by atoms with Crippen LogP contribution >= 0.6 is 11.6 Å². The number of carbonyl (C=O) groups excluding carboxylic acids is 1. The number of hydrogen-bond donors (Lipinski definition) is 1. The summed E-state index contributed by atoms with van der Waals surface area (Å²) in [6, 6.07) is 17.7. The second-order valence-corrected chi connectivity index (χ2v) is 7.65. The zero-order chi connectivity index (χ0) is 21.3. The van der Waals surface area contributed by atoms with Gasteiger partial charge in [0.15, 0.2) is 5.76 Å². The van der Waals surface area contributed by atoms with Crippen molar-refractivity contribution >= 4 is 17.5 Å². The fourth-order valence-corrected chi connectivity index (χ4v) is 3.40. The van der Waals surface area contributed by atoms with Crippen LogP contribution in [0.4, 0.5) is 4.39 Å². The van der Waals surface area contributed by atoms with E-state index in [1.807, 2.05) is 30.3 Å². The lowest BCUT2D eigenvalue weighted by Gasteiger charge is -2.22. The van der Waals surface area contributed by atoms with Gasteiger partial charge in [-0.15, -0.1) is 0 Å². The molecule has 0 spiro atoms. The lowest BCUT2D eigenvalue weighted by Crippen LogP contribution is -2.24. The molecule has 0 bridgehead atoms. The first-order chi connectivity index (χ1) is 14.5. The molecular formula is C24H26ClFN2O2. The molecule has 30 heavy (non-hydrogen) atoms. The summed E-state index contributed by atoms with van der Waals surface area (Å²) in [5.41, 5.74) is 1.82. The maximum Gasteiger partial charge on any atom is 0.286 e. The standard InChI is InChI=1S/C24H26ClFN2O2/c1-2-3-13-27-24(29)23-12-11-21(30-23)17-28(15-18-7-6-9-20(26)14-18)16-19-8-4-5-10-22(19)25/h4-12,14H,2-3,13,15-17H2,1H3,(H,27,29). The second kappa shape index (κ2) is 11.0. The Morgan fingerprint density at radius 3 is 2.67 bits per heavy atom. The van der Waals surface area contributed by atoms with Gasteiger partial charge in [0.2, 0.25) is 0 Å². The molecule has 1 N–H and O–H groups in total. The van der Waals surface area contributed by atoms with E-state index in [2.05, 4.69) is 17.1 Å². The Morgan fingerprint density at radius 2 is 1.90 bits per heavy atom. The van der Waals surface area contributed by atoms with Gasteiger partial charge in [0.25, 0.3) is 5.91 Å². The molecule has 0 saturated carbocycles. The van der Waals surface area contributed by atoms with E-state index in [9.17, 15) is 9.18 Å². The summed E-state index contributed by atoms with van der Waals surface area (Å²) >= 11 is 6.34. The van der Waals surface area contributed by atoms with E-state index < -0.39 is 0 Å². The van der Waals surface area contributed by atoms with Gasteiger partial charge < -0.3 is 9.73 Å². The Hall–Kier alpha value is -2.63. The minimum Gasteiger partial charge on any atom is -0.455 e. The Labute approximate surface area is 181 Å². The van der Waals surface area contributed by atoms with E-state index in [4.69, 9.17) is 16.0 Å². The maximum atomic E-state index is 13.7. The van der Waals surface area contributed by atoms with Crippen LogP contribution in [-0.4, -0.2) is 17.4 Å². The predicted octanol–water partition coefficient (Wildman–Crippen LogP) is 5.80. The number of furan rings is 1. The van der Waals surface area contributed by atoms with Crippen LogP contribution in [0, 0.1) is 5.82 Å². The molecular weight excluding hydrogens is 403 g/mol. The van der Waals surface area contributed by atoms with E-state index in [1.165, 1.54) is 12.1 Å². The molecule has 0 aliphatic heterocycles. The van der Waals surface area contributed by atoms with Crippen LogP contribution in [0.1, 0.15) is 47.2 Å². The zero-order valence-electron chi connectivity index (χ0n) is 17.0. The van der Waals surface area contributed by atoms with Gasteiger partial charge in [-0.2, -0.15) is 0 Å². The average molecular weight is 429 g/mol. The fraction of sp³-hybridized carbons (Fsp3) is 0.292. The highest BCUT2D eigenvalue weighted by Gasteiger charge is 2.15. The van der Waals surface area contributed by atoms with Gasteiger partial charge in [-0.3, -0.25) is 9.69 Å². The molecule has 3 rings (SSSR count). The van der Waals surface area contributed by atoms with Crippen LogP contribution in [0.3, 0.4) is 0 Å². The van der Waals surface area contributed by atoms with Crippen molar-refractivity contribution in [3.8, 4) is 0 Å². The Morgan fingerprint density at radius 1 is 1.07 bits per heavy atom. The summed E-state index contributed by atoms with van der Waals surface area (Å²) in [5, 5.41) is 3.53. The molecule has 1 amide bonds. The van der Waals surface area contributed by atoms with Crippen LogP contribution in [0.15, 0.2) is 65.1 Å². The van der Waals surface area contributed by atoms with Crippen molar-refractivity contribution in [3.63, 3.8) is 0 Å². The van der Waals surface area contributed by atoms with E-state index in [0.717, 1.165) is 24.0 Å². The fourth-order valence-electron chi connectivity index (χ4n) is 3.20. The van der Waals surface area contributed by atoms with Crippen molar-refractivity contribution in [1.29, 1.82) is 0 Å². The first-order valence-corrected chi connectivity index (χ1v) is 10.5. The molecule has 0 radical (unpaired) electrons. The number of nitrogens with one attached hydrogen (secondary N) is 1. The van der Waals surface area contributed by atoms with Crippen LogP contribution in [-0.2, 0) is 19.6 Å². The molecule has 0 aliphatic rings. The number of nitrogens with zero attached hydrogens (tertiary/aromatic N) is 1. The first-order valence-electron chi connectivity index (χ1n) is 10.1. The molecule has 1 heterocycles. The SMILES string of the molecule is CCCCNC(=O)c1ccc(CN(Cc2cccc(F)c2)Cc2ccccc2Cl)o1.